The van der Waals surface area contributed by atoms with Crippen LogP contribution in [0.5, 0.6) is 0 Å². The average molecular weight is 291 g/mol. The van der Waals surface area contributed by atoms with Gasteiger partial charge in [-0.2, -0.15) is 0 Å². The molecular weight excluding hydrogens is 278 g/mol. The van der Waals surface area contributed by atoms with Crippen molar-refractivity contribution in [1.29, 1.82) is 0 Å². The van der Waals surface area contributed by atoms with Gasteiger partial charge in [-0.25, -0.2) is 9.59 Å². The van der Waals surface area contributed by atoms with Crippen LogP contribution in [0.4, 0.5) is 5.69 Å². The van der Waals surface area contributed by atoms with Crippen molar-refractivity contribution in [3.63, 3.8) is 0 Å². The Morgan fingerprint density at radius 1 is 1.43 bits per heavy atom. The predicted molar refractivity (Wildman–Crippen MR) is 72.2 cm³/mol. The molecule has 21 heavy (non-hydrogen) atoms. The van der Waals surface area contributed by atoms with Crippen molar-refractivity contribution < 1.29 is 24.0 Å². The Hall–Kier alpha value is -2.70. The van der Waals surface area contributed by atoms with Gasteiger partial charge in [0.2, 0.25) is 6.10 Å². The molecule has 1 saturated heterocycles. The van der Waals surface area contributed by atoms with Gasteiger partial charge in [0.05, 0.1) is 4.92 Å². The zero-order chi connectivity index (χ0) is 15.4. The van der Waals surface area contributed by atoms with Crippen molar-refractivity contribution >= 4 is 23.7 Å². The highest BCUT2D eigenvalue weighted by atomic mass is 16.6. The Labute approximate surface area is 120 Å². The van der Waals surface area contributed by atoms with Crippen LogP contribution in [0, 0.1) is 10.1 Å². The molecule has 0 spiro atoms. The molecular formula is C14H13NO6. The molecule has 1 aromatic rings. The number of benzene rings is 1. The molecule has 1 fully saturated rings. The number of carbonyl (C=O) groups excluding carboxylic acids is 2. The largest absolute Gasteiger partial charge is 0.460 e. The van der Waals surface area contributed by atoms with Crippen LogP contribution in [0.25, 0.3) is 6.08 Å². The zero-order valence-electron chi connectivity index (χ0n) is 11.2. The van der Waals surface area contributed by atoms with Gasteiger partial charge in [0.15, 0.2) is 0 Å². The predicted octanol–water partition coefficient (Wildman–Crippen LogP) is 1.86. The van der Waals surface area contributed by atoms with E-state index in [1.54, 1.807) is 6.92 Å². The van der Waals surface area contributed by atoms with Crippen LogP contribution in [0.2, 0.25) is 0 Å². The molecule has 0 aliphatic carbocycles. The van der Waals surface area contributed by atoms with E-state index in [2.05, 4.69) is 0 Å². The van der Waals surface area contributed by atoms with E-state index in [-0.39, 0.29) is 11.8 Å². The third kappa shape index (κ3) is 3.88. The number of nitro benzene ring substituents is 1. The highest BCUT2D eigenvalue weighted by molar-refractivity contribution is 5.89. The molecule has 0 amide bonds. The lowest BCUT2D eigenvalue weighted by molar-refractivity contribution is -0.384. The minimum atomic E-state index is -0.867. The summed E-state index contributed by atoms with van der Waals surface area (Å²) >= 11 is 0. The summed E-state index contributed by atoms with van der Waals surface area (Å²) in [6, 6.07) is 5.68. The fourth-order valence-corrected chi connectivity index (χ4v) is 1.87. The van der Waals surface area contributed by atoms with E-state index in [9.17, 15) is 19.7 Å². The van der Waals surface area contributed by atoms with E-state index in [1.807, 2.05) is 0 Å². The molecule has 0 N–H and O–H groups in total. The molecule has 7 nitrogen and oxygen atoms in total. The van der Waals surface area contributed by atoms with Crippen molar-refractivity contribution in [2.24, 2.45) is 0 Å². The molecule has 7 heteroatoms. The van der Waals surface area contributed by atoms with Crippen LogP contribution in [-0.2, 0) is 19.1 Å². The van der Waals surface area contributed by atoms with Gasteiger partial charge in [-0.05, 0) is 30.7 Å². The van der Waals surface area contributed by atoms with Crippen LogP contribution in [0.15, 0.2) is 30.3 Å². The topological polar surface area (TPSA) is 95.7 Å². The van der Waals surface area contributed by atoms with Crippen LogP contribution in [0.3, 0.4) is 0 Å². The SMILES string of the molecule is C[C@H]1C[C@H](OC(=O)/C=C/c2ccc([N+](=O)[O-])cc2)C(=O)O1. The number of nitro groups is 1. The number of hydrogen-bond donors (Lipinski definition) is 0. The van der Waals surface area contributed by atoms with E-state index in [1.165, 1.54) is 30.3 Å². The summed E-state index contributed by atoms with van der Waals surface area (Å²) in [6.45, 7) is 1.72. The summed E-state index contributed by atoms with van der Waals surface area (Å²) < 4.78 is 9.84. The lowest BCUT2D eigenvalue weighted by atomic mass is 10.2. The third-order valence-electron chi connectivity index (χ3n) is 2.90. The Morgan fingerprint density at radius 2 is 2.10 bits per heavy atom. The molecule has 1 aromatic carbocycles. The van der Waals surface area contributed by atoms with Gasteiger partial charge in [-0.3, -0.25) is 10.1 Å². The van der Waals surface area contributed by atoms with Gasteiger partial charge in [0.1, 0.15) is 6.10 Å². The molecule has 0 radical (unpaired) electrons. The van der Waals surface area contributed by atoms with E-state index >= 15 is 0 Å². The van der Waals surface area contributed by atoms with Gasteiger partial charge in [-0.15, -0.1) is 0 Å². The molecule has 0 bridgehead atoms. The standard InChI is InChI=1S/C14H13NO6/c1-9-8-12(14(17)20-9)21-13(16)7-4-10-2-5-11(6-3-10)15(18)19/h2-7,9,12H,8H2,1H3/b7-4+/t9-,12-/m0/s1. The molecule has 1 aliphatic heterocycles. The van der Waals surface area contributed by atoms with Crippen LogP contribution < -0.4 is 0 Å². The van der Waals surface area contributed by atoms with Crippen LogP contribution in [0.1, 0.15) is 18.9 Å². The first-order chi connectivity index (χ1) is 9.95. The van der Waals surface area contributed by atoms with Crippen LogP contribution >= 0.6 is 0 Å². The van der Waals surface area contributed by atoms with Crippen molar-refractivity contribution in [3.05, 3.63) is 46.0 Å². The quantitative estimate of drug-likeness (QED) is 0.363. The molecule has 0 unspecified atom stereocenters. The summed E-state index contributed by atoms with van der Waals surface area (Å²) in [6.07, 6.45) is 1.84. The summed E-state index contributed by atoms with van der Waals surface area (Å²) in [4.78, 5) is 32.9. The number of hydrogen-bond acceptors (Lipinski definition) is 6. The number of rotatable bonds is 4. The van der Waals surface area contributed by atoms with Gasteiger partial charge < -0.3 is 9.47 Å². The number of ether oxygens (including phenoxy) is 2. The van der Waals surface area contributed by atoms with Gasteiger partial charge in [-0.1, -0.05) is 0 Å². The van der Waals surface area contributed by atoms with Crippen LogP contribution in [-0.4, -0.2) is 29.1 Å². The number of non-ortho nitro benzene ring substituents is 1. The summed E-state index contributed by atoms with van der Waals surface area (Å²) in [5.41, 5.74) is 0.581. The minimum absolute atomic E-state index is 0.0302. The lowest BCUT2D eigenvalue weighted by Gasteiger charge is -2.05. The van der Waals surface area contributed by atoms with E-state index < -0.39 is 23.0 Å². The van der Waals surface area contributed by atoms with Crippen molar-refractivity contribution in [3.8, 4) is 0 Å². The molecule has 0 saturated carbocycles. The first-order valence-electron chi connectivity index (χ1n) is 6.29. The molecule has 110 valence electrons. The number of carbonyl (C=O) groups is 2. The second-order valence-corrected chi connectivity index (χ2v) is 4.59. The third-order valence-corrected chi connectivity index (χ3v) is 2.90. The second kappa shape index (κ2) is 6.17. The minimum Gasteiger partial charge on any atom is -0.460 e. The maximum absolute atomic E-state index is 11.6. The molecule has 0 aromatic heterocycles. The number of cyclic esters (lactones) is 1. The van der Waals surface area contributed by atoms with E-state index in [0.29, 0.717) is 12.0 Å². The smallest absolute Gasteiger partial charge is 0.347 e. The highest BCUT2D eigenvalue weighted by Gasteiger charge is 2.34. The van der Waals surface area contributed by atoms with Crippen molar-refractivity contribution in [2.45, 2.75) is 25.6 Å². The Kier molecular flexibility index (Phi) is 4.32. The second-order valence-electron chi connectivity index (χ2n) is 4.59. The number of esters is 2. The van der Waals surface area contributed by atoms with Gasteiger partial charge in [0.25, 0.3) is 5.69 Å². The average Bonchev–Trinajstić information content (AvgIpc) is 2.75. The first-order valence-corrected chi connectivity index (χ1v) is 6.29. The monoisotopic (exact) mass is 291 g/mol. The fourth-order valence-electron chi connectivity index (χ4n) is 1.87. The van der Waals surface area contributed by atoms with E-state index in [0.717, 1.165) is 6.08 Å². The van der Waals surface area contributed by atoms with Gasteiger partial charge in [0, 0.05) is 24.6 Å². The maximum Gasteiger partial charge on any atom is 0.347 e. The highest BCUT2D eigenvalue weighted by Crippen LogP contribution is 2.18. The fraction of sp³-hybridized carbons (Fsp3) is 0.286. The molecule has 2 atom stereocenters. The Bertz CT molecular complexity index is 592. The van der Waals surface area contributed by atoms with Crippen molar-refractivity contribution in [2.75, 3.05) is 0 Å². The first kappa shape index (κ1) is 14.7. The van der Waals surface area contributed by atoms with Crippen molar-refractivity contribution in [1.82, 2.24) is 0 Å². The lowest BCUT2D eigenvalue weighted by Crippen LogP contribution is -2.21. The summed E-state index contributed by atoms with van der Waals surface area (Å²) in [5.74, 6) is -1.20. The molecule has 1 heterocycles. The number of nitrogens with zero attached hydrogens (tertiary/aromatic N) is 1. The Morgan fingerprint density at radius 3 is 2.62 bits per heavy atom. The van der Waals surface area contributed by atoms with Gasteiger partial charge >= 0.3 is 11.9 Å². The zero-order valence-corrected chi connectivity index (χ0v) is 11.2. The summed E-state index contributed by atoms with van der Waals surface area (Å²) in [7, 11) is 0. The maximum atomic E-state index is 11.6. The Balaban J connectivity index is 1.93. The van der Waals surface area contributed by atoms with E-state index in [4.69, 9.17) is 9.47 Å². The normalized spacial score (nSPS) is 21.3. The molecule has 1 aliphatic rings. The molecule has 2 rings (SSSR count). The summed E-state index contributed by atoms with van der Waals surface area (Å²) in [5, 5.41) is 10.5.